The number of rotatable bonds is 5. The smallest absolute Gasteiger partial charge is 0.308 e. The predicted octanol–water partition coefficient (Wildman–Crippen LogP) is 4.71. The normalized spacial score (nSPS) is 14.7. The minimum atomic E-state index is -0.202. The lowest BCUT2D eigenvalue weighted by Crippen LogP contribution is -2.39. The third-order valence-electron chi connectivity index (χ3n) is 6.17. The molecule has 0 radical (unpaired) electrons. The molecule has 1 aliphatic heterocycles. The molecule has 1 aliphatic rings. The third-order valence-corrected chi connectivity index (χ3v) is 6.17. The zero-order chi connectivity index (χ0) is 23.5. The molecule has 172 valence electrons. The maximum absolute atomic E-state index is 12.9. The van der Waals surface area contributed by atoms with Crippen LogP contribution in [0, 0.1) is 5.92 Å². The van der Waals surface area contributed by atoms with Crippen molar-refractivity contribution < 1.29 is 18.7 Å². The van der Waals surface area contributed by atoms with Crippen molar-refractivity contribution in [2.45, 2.75) is 12.8 Å². The largest absolute Gasteiger partial charge is 0.469 e. The zero-order valence-electron chi connectivity index (χ0n) is 18.9. The van der Waals surface area contributed by atoms with Crippen LogP contribution in [0.25, 0.3) is 34.2 Å². The molecule has 3 heterocycles. The van der Waals surface area contributed by atoms with Crippen LogP contribution in [-0.4, -0.2) is 46.8 Å². The Labute approximate surface area is 197 Å². The van der Waals surface area contributed by atoms with Gasteiger partial charge in [-0.05, 0) is 43.2 Å². The van der Waals surface area contributed by atoms with E-state index in [4.69, 9.17) is 14.3 Å². The maximum atomic E-state index is 12.9. The second-order valence-corrected chi connectivity index (χ2v) is 8.32. The first-order valence-electron chi connectivity index (χ1n) is 11.3. The number of aromatic nitrogens is 2. The Morgan fingerprint density at radius 2 is 1.79 bits per heavy atom. The number of nitrogens with zero attached hydrogens (tertiary/aromatic N) is 3. The van der Waals surface area contributed by atoms with Gasteiger partial charge in [0.05, 0.1) is 18.7 Å². The summed E-state index contributed by atoms with van der Waals surface area (Å²) in [5, 5.41) is 5.76. The molecule has 1 saturated heterocycles. The number of carbonyl (C=O) groups is 2. The Kier molecular flexibility index (Phi) is 5.99. The standard InChI is InChI=1S/C27H25N3O4/c1-33-27(32)19-13-15-29(16-14-19)25(31)12-11-21-18-30(22-8-3-2-4-9-22)28-26(21)24-17-20-7-5-6-10-23(20)34-24/h2-12,17-19H,13-16H2,1H3/b12-11+. The van der Waals surface area contributed by atoms with Crippen molar-refractivity contribution in [1.82, 2.24) is 14.7 Å². The van der Waals surface area contributed by atoms with Gasteiger partial charge in [0.2, 0.25) is 5.91 Å². The fraction of sp³-hybridized carbons (Fsp3) is 0.222. The number of amides is 1. The lowest BCUT2D eigenvalue weighted by atomic mass is 9.97. The highest BCUT2D eigenvalue weighted by Gasteiger charge is 2.27. The van der Waals surface area contributed by atoms with Crippen LogP contribution in [0.5, 0.6) is 0 Å². The molecular formula is C27H25N3O4. The Balaban J connectivity index is 1.42. The number of esters is 1. The Morgan fingerprint density at radius 3 is 2.53 bits per heavy atom. The molecular weight excluding hydrogens is 430 g/mol. The molecule has 5 rings (SSSR count). The van der Waals surface area contributed by atoms with E-state index in [2.05, 4.69) is 0 Å². The van der Waals surface area contributed by atoms with Crippen LogP contribution >= 0.6 is 0 Å². The van der Waals surface area contributed by atoms with E-state index in [-0.39, 0.29) is 17.8 Å². The van der Waals surface area contributed by atoms with Crippen molar-refractivity contribution in [3.63, 3.8) is 0 Å². The molecule has 0 unspecified atom stereocenters. The van der Waals surface area contributed by atoms with Gasteiger partial charge in [0.15, 0.2) is 5.76 Å². The first-order valence-corrected chi connectivity index (χ1v) is 11.3. The number of ether oxygens (including phenoxy) is 1. The number of hydrogen-bond acceptors (Lipinski definition) is 5. The lowest BCUT2D eigenvalue weighted by molar-refractivity contribution is -0.148. The summed E-state index contributed by atoms with van der Waals surface area (Å²) in [4.78, 5) is 26.4. The number of carbonyl (C=O) groups excluding carboxylic acids is 2. The first-order chi connectivity index (χ1) is 16.6. The van der Waals surface area contributed by atoms with Crippen LogP contribution in [0.1, 0.15) is 18.4 Å². The highest BCUT2D eigenvalue weighted by atomic mass is 16.5. The molecule has 7 heteroatoms. The van der Waals surface area contributed by atoms with E-state index < -0.39 is 0 Å². The summed E-state index contributed by atoms with van der Waals surface area (Å²) in [5.74, 6) is 0.210. The molecule has 34 heavy (non-hydrogen) atoms. The molecule has 0 atom stereocenters. The van der Waals surface area contributed by atoms with Gasteiger partial charge in [-0.2, -0.15) is 5.10 Å². The molecule has 0 bridgehead atoms. The van der Waals surface area contributed by atoms with E-state index in [1.807, 2.05) is 66.9 Å². The number of hydrogen-bond donors (Lipinski definition) is 0. The summed E-state index contributed by atoms with van der Waals surface area (Å²) in [6, 6.07) is 19.6. The zero-order valence-corrected chi connectivity index (χ0v) is 18.9. The summed E-state index contributed by atoms with van der Waals surface area (Å²) >= 11 is 0. The molecule has 4 aromatic rings. The molecule has 0 N–H and O–H groups in total. The molecule has 0 aliphatic carbocycles. The minimum absolute atomic E-state index is 0.0914. The van der Waals surface area contributed by atoms with Crippen LogP contribution < -0.4 is 0 Å². The Bertz CT molecular complexity index is 1310. The fourth-order valence-corrected chi connectivity index (χ4v) is 4.28. The molecule has 2 aromatic carbocycles. The van der Waals surface area contributed by atoms with Gasteiger partial charge in [0, 0.05) is 36.3 Å². The van der Waals surface area contributed by atoms with Crippen LogP contribution in [0.3, 0.4) is 0 Å². The fourth-order valence-electron chi connectivity index (χ4n) is 4.28. The van der Waals surface area contributed by atoms with E-state index in [1.165, 1.54) is 7.11 Å². The Morgan fingerprint density at radius 1 is 1.06 bits per heavy atom. The van der Waals surface area contributed by atoms with Crippen molar-refractivity contribution >= 4 is 28.9 Å². The third kappa shape index (κ3) is 4.37. The maximum Gasteiger partial charge on any atom is 0.308 e. The van der Waals surface area contributed by atoms with E-state index in [9.17, 15) is 9.59 Å². The highest BCUT2D eigenvalue weighted by molar-refractivity contribution is 5.93. The van der Waals surface area contributed by atoms with Crippen molar-refractivity contribution in [3.05, 3.63) is 78.5 Å². The second kappa shape index (κ2) is 9.39. The van der Waals surface area contributed by atoms with Gasteiger partial charge < -0.3 is 14.1 Å². The summed E-state index contributed by atoms with van der Waals surface area (Å²) in [6.45, 7) is 1.06. The monoisotopic (exact) mass is 455 g/mol. The summed E-state index contributed by atoms with van der Waals surface area (Å²) in [7, 11) is 1.40. The van der Waals surface area contributed by atoms with Gasteiger partial charge in [-0.3, -0.25) is 9.59 Å². The van der Waals surface area contributed by atoms with Gasteiger partial charge in [-0.1, -0.05) is 36.4 Å². The van der Waals surface area contributed by atoms with E-state index in [0.29, 0.717) is 37.4 Å². The average Bonchev–Trinajstić information content (AvgIpc) is 3.51. The number of para-hydroxylation sites is 2. The average molecular weight is 456 g/mol. The number of fused-ring (bicyclic) bond motifs is 1. The van der Waals surface area contributed by atoms with Gasteiger partial charge in [0.25, 0.3) is 0 Å². The number of benzene rings is 2. The number of methoxy groups -OCH3 is 1. The number of furan rings is 1. The van der Waals surface area contributed by atoms with Gasteiger partial charge >= 0.3 is 5.97 Å². The van der Waals surface area contributed by atoms with E-state index in [0.717, 1.165) is 22.2 Å². The van der Waals surface area contributed by atoms with E-state index in [1.54, 1.807) is 21.7 Å². The molecule has 7 nitrogen and oxygen atoms in total. The van der Waals surface area contributed by atoms with Gasteiger partial charge in [0.1, 0.15) is 11.3 Å². The molecule has 2 aromatic heterocycles. The van der Waals surface area contributed by atoms with E-state index >= 15 is 0 Å². The van der Waals surface area contributed by atoms with Gasteiger partial charge in [-0.15, -0.1) is 0 Å². The summed E-state index contributed by atoms with van der Waals surface area (Å²) in [5.41, 5.74) is 3.14. The van der Waals surface area contributed by atoms with Crippen molar-refractivity contribution in [2.24, 2.45) is 5.92 Å². The highest BCUT2D eigenvalue weighted by Crippen LogP contribution is 2.30. The van der Waals surface area contributed by atoms with Crippen LogP contribution in [0.4, 0.5) is 0 Å². The second-order valence-electron chi connectivity index (χ2n) is 8.32. The molecule has 0 saturated carbocycles. The lowest BCUT2D eigenvalue weighted by Gasteiger charge is -2.29. The van der Waals surface area contributed by atoms with Crippen LogP contribution in [0.15, 0.2) is 77.4 Å². The SMILES string of the molecule is COC(=O)C1CCN(C(=O)/C=C/c2cn(-c3ccccc3)nc2-c2cc3ccccc3o2)CC1. The van der Waals surface area contributed by atoms with Crippen molar-refractivity contribution in [1.29, 1.82) is 0 Å². The quantitative estimate of drug-likeness (QED) is 0.322. The molecule has 1 fully saturated rings. The van der Waals surface area contributed by atoms with Crippen molar-refractivity contribution in [2.75, 3.05) is 20.2 Å². The van der Waals surface area contributed by atoms with Crippen LogP contribution in [-0.2, 0) is 14.3 Å². The van der Waals surface area contributed by atoms with Crippen molar-refractivity contribution in [3.8, 4) is 17.1 Å². The molecule has 1 amide bonds. The predicted molar refractivity (Wildman–Crippen MR) is 129 cm³/mol. The number of likely N-dealkylation sites (tertiary alicyclic amines) is 1. The van der Waals surface area contributed by atoms with Crippen LogP contribution in [0.2, 0.25) is 0 Å². The first kappa shape index (κ1) is 21.7. The molecule has 0 spiro atoms. The minimum Gasteiger partial charge on any atom is -0.469 e. The van der Waals surface area contributed by atoms with Gasteiger partial charge in [-0.25, -0.2) is 4.68 Å². The topological polar surface area (TPSA) is 77.6 Å². The Hall–Kier alpha value is -4.13. The summed E-state index contributed by atoms with van der Waals surface area (Å²) < 4.78 is 12.7. The summed E-state index contributed by atoms with van der Waals surface area (Å²) in [6.07, 6.45) is 6.47. The number of piperidine rings is 1.